The van der Waals surface area contributed by atoms with Crippen LogP contribution in [-0.2, 0) is 14.8 Å². The topological polar surface area (TPSA) is 57.7 Å². The maximum Gasteiger partial charge on any atom is 0.252 e. The molecular weight excluding hydrogens is 436 g/mol. The number of piperazine rings is 1. The molecule has 1 aliphatic heterocycles. The van der Waals surface area contributed by atoms with Crippen molar-refractivity contribution in [2.45, 2.75) is 11.1 Å². The van der Waals surface area contributed by atoms with E-state index in [1.807, 2.05) is 31.2 Å². The van der Waals surface area contributed by atoms with Crippen LogP contribution in [-0.4, -0.2) is 49.7 Å². The summed E-state index contributed by atoms with van der Waals surface area (Å²) in [6, 6.07) is 11.2. The zero-order chi connectivity index (χ0) is 18.7. The van der Waals surface area contributed by atoms with Gasteiger partial charge in [-0.15, -0.1) is 11.3 Å². The highest BCUT2D eigenvalue weighted by Crippen LogP contribution is 2.28. The lowest BCUT2D eigenvalue weighted by atomic mass is 10.1. The van der Waals surface area contributed by atoms with Gasteiger partial charge in [0.1, 0.15) is 4.21 Å². The average molecular weight is 455 g/mol. The normalized spacial score (nSPS) is 16.3. The number of hydrogen-bond donors (Lipinski definition) is 0. The first-order valence-corrected chi connectivity index (χ1v) is 11.2. The number of sulfonamides is 1. The van der Waals surface area contributed by atoms with Gasteiger partial charge in [-0.3, -0.25) is 4.79 Å². The molecule has 1 aromatic carbocycles. The van der Waals surface area contributed by atoms with E-state index in [1.54, 1.807) is 29.2 Å². The van der Waals surface area contributed by atoms with Crippen LogP contribution in [0, 0.1) is 6.92 Å². The monoisotopic (exact) mass is 454 g/mol. The molecule has 2 heterocycles. The summed E-state index contributed by atoms with van der Waals surface area (Å²) < 4.78 is 27.8. The van der Waals surface area contributed by atoms with E-state index in [9.17, 15) is 13.2 Å². The van der Waals surface area contributed by atoms with E-state index in [0.29, 0.717) is 30.4 Å². The van der Waals surface area contributed by atoms with Gasteiger partial charge in [-0.2, -0.15) is 4.31 Å². The second-order valence-electron chi connectivity index (χ2n) is 6.03. The van der Waals surface area contributed by atoms with Gasteiger partial charge in [-0.1, -0.05) is 29.8 Å². The number of thiophene rings is 1. The van der Waals surface area contributed by atoms with E-state index < -0.39 is 10.0 Å². The first-order valence-electron chi connectivity index (χ1n) is 8.15. The van der Waals surface area contributed by atoms with Crippen LogP contribution in [0.3, 0.4) is 0 Å². The van der Waals surface area contributed by atoms with Gasteiger partial charge < -0.3 is 4.90 Å². The molecule has 1 fully saturated rings. The SMILES string of the molecule is Cc1ccc(/C=C/C(=O)N2CCN(S(=O)(=O)c3ccc(Br)s3)CC2)cc1. The van der Waals surface area contributed by atoms with Gasteiger partial charge in [0.25, 0.3) is 10.0 Å². The Balaban J connectivity index is 1.59. The lowest BCUT2D eigenvalue weighted by molar-refractivity contribution is -0.127. The number of carbonyl (C=O) groups excluding carboxylic acids is 1. The lowest BCUT2D eigenvalue weighted by Gasteiger charge is -2.33. The summed E-state index contributed by atoms with van der Waals surface area (Å²) in [4.78, 5) is 14.0. The number of rotatable bonds is 4. The summed E-state index contributed by atoms with van der Waals surface area (Å²) in [6.45, 7) is 3.41. The largest absolute Gasteiger partial charge is 0.337 e. The fourth-order valence-electron chi connectivity index (χ4n) is 2.66. The van der Waals surface area contributed by atoms with Crippen molar-refractivity contribution in [3.63, 3.8) is 0 Å². The molecule has 3 rings (SSSR count). The van der Waals surface area contributed by atoms with Crippen molar-refractivity contribution in [3.8, 4) is 0 Å². The minimum atomic E-state index is -3.48. The van der Waals surface area contributed by atoms with Crippen LogP contribution in [0.15, 0.2) is 50.5 Å². The summed E-state index contributed by atoms with van der Waals surface area (Å²) in [5.41, 5.74) is 2.14. The van der Waals surface area contributed by atoms with Gasteiger partial charge in [0.2, 0.25) is 5.91 Å². The van der Waals surface area contributed by atoms with Gasteiger partial charge in [0.15, 0.2) is 0 Å². The highest BCUT2D eigenvalue weighted by molar-refractivity contribution is 9.11. The van der Waals surface area contributed by atoms with Crippen LogP contribution in [0.25, 0.3) is 6.08 Å². The number of benzene rings is 1. The average Bonchev–Trinajstić information content (AvgIpc) is 3.08. The molecule has 2 aromatic rings. The Bertz CT molecular complexity index is 912. The summed E-state index contributed by atoms with van der Waals surface area (Å²) in [7, 11) is -3.48. The third-order valence-corrected chi connectivity index (χ3v) is 8.18. The van der Waals surface area contributed by atoms with Crippen LogP contribution < -0.4 is 0 Å². The summed E-state index contributed by atoms with van der Waals surface area (Å²) in [5, 5.41) is 0. The molecule has 26 heavy (non-hydrogen) atoms. The van der Waals surface area contributed by atoms with Crippen LogP contribution >= 0.6 is 27.3 Å². The smallest absolute Gasteiger partial charge is 0.252 e. The highest BCUT2D eigenvalue weighted by atomic mass is 79.9. The summed E-state index contributed by atoms with van der Waals surface area (Å²) in [5.74, 6) is -0.0958. The van der Waals surface area contributed by atoms with Gasteiger partial charge in [-0.05, 0) is 46.6 Å². The van der Waals surface area contributed by atoms with Crippen LogP contribution in [0.2, 0.25) is 0 Å². The molecule has 1 saturated heterocycles. The molecule has 0 N–H and O–H groups in total. The maximum absolute atomic E-state index is 12.6. The minimum absolute atomic E-state index is 0.0958. The molecule has 0 aliphatic carbocycles. The number of aryl methyl sites for hydroxylation is 1. The Hall–Kier alpha value is -1.48. The zero-order valence-corrected chi connectivity index (χ0v) is 17.5. The van der Waals surface area contributed by atoms with Crippen molar-refractivity contribution in [1.29, 1.82) is 0 Å². The highest BCUT2D eigenvalue weighted by Gasteiger charge is 2.30. The van der Waals surface area contributed by atoms with Crippen molar-refractivity contribution in [2.75, 3.05) is 26.2 Å². The fraction of sp³-hybridized carbons (Fsp3) is 0.278. The second-order valence-corrected chi connectivity index (χ2v) is 10.7. The Labute approximate surface area is 166 Å². The molecule has 0 saturated carbocycles. The molecule has 1 aromatic heterocycles. The van der Waals surface area contributed by atoms with E-state index in [-0.39, 0.29) is 5.91 Å². The molecule has 8 heteroatoms. The molecule has 0 spiro atoms. The van der Waals surface area contributed by atoms with E-state index in [1.165, 1.54) is 21.2 Å². The summed E-state index contributed by atoms with van der Waals surface area (Å²) in [6.07, 6.45) is 3.33. The second kappa shape index (κ2) is 8.04. The molecule has 0 unspecified atom stereocenters. The van der Waals surface area contributed by atoms with Crippen molar-refractivity contribution in [1.82, 2.24) is 9.21 Å². The molecule has 5 nitrogen and oxygen atoms in total. The Morgan fingerprint density at radius 2 is 1.73 bits per heavy atom. The van der Waals surface area contributed by atoms with Crippen LogP contribution in [0.4, 0.5) is 0 Å². The predicted molar refractivity (Wildman–Crippen MR) is 108 cm³/mol. The maximum atomic E-state index is 12.6. The molecule has 0 radical (unpaired) electrons. The third kappa shape index (κ3) is 4.43. The van der Waals surface area contributed by atoms with Crippen molar-refractivity contribution >= 4 is 49.3 Å². The Kier molecular flexibility index (Phi) is 5.96. The molecule has 138 valence electrons. The predicted octanol–water partition coefficient (Wildman–Crippen LogP) is 3.37. The van der Waals surface area contributed by atoms with Gasteiger partial charge in [0, 0.05) is 32.3 Å². The number of carbonyl (C=O) groups is 1. The number of amides is 1. The summed E-state index contributed by atoms with van der Waals surface area (Å²) >= 11 is 4.49. The fourth-order valence-corrected chi connectivity index (χ4v) is 6.25. The zero-order valence-electron chi connectivity index (χ0n) is 14.3. The van der Waals surface area contributed by atoms with E-state index in [4.69, 9.17) is 0 Å². The molecule has 1 amide bonds. The molecule has 0 atom stereocenters. The molecular formula is C18H19BrN2O3S2. The first kappa shape index (κ1) is 19.3. The minimum Gasteiger partial charge on any atom is -0.337 e. The quantitative estimate of drug-likeness (QED) is 0.665. The standard InChI is InChI=1S/C18H19BrN2O3S2/c1-14-2-4-15(5-3-14)6-8-17(22)20-10-12-21(13-11-20)26(23,24)18-9-7-16(19)25-18/h2-9H,10-13H2,1H3/b8-6+. The number of halogens is 1. The molecule has 1 aliphatic rings. The van der Waals surface area contributed by atoms with E-state index in [0.717, 1.165) is 9.35 Å². The van der Waals surface area contributed by atoms with Crippen molar-refractivity contribution in [2.24, 2.45) is 0 Å². The third-order valence-electron chi connectivity index (χ3n) is 4.19. The lowest BCUT2D eigenvalue weighted by Crippen LogP contribution is -2.50. The van der Waals surface area contributed by atoms with Crippen molar-refractivity contribution < 1.29 is 13.2 Å². The van der Waals surface area contributed by atoms with E-state index in [2.05, 4.69) is 15.9 Å². The molecule has 0 bridgehead atoms. The van der Waals surface area contributed by atoms with Crippen molar-refractivity contribution in [3.05, 3.63) is 57.4 Å². The number of nitrogens with zero attached hydrogens (tertiary/aromatic N) is 2. The Morgan fingerprint density at radius 1 is 1.08 bits per heavy atom. The first-order chi connectivity index (χ1) is 12.4. The van der Waals surface area contributed by atoms with E-state index >= 15 is 0 Å². The van der Waals surface area contributed by atoms with Gasteiger partial charge >= 0.3 is 0 Å². The van der Waals surface area contributed by atoms with Gasteiger partial charge in [0.05, 0.1) is 3.79 Å². The van der Waals surface area contributed by atoms with Gasteiger partial charge in [-0.25, -0.2) is 8.42 Å². The van der Waals surface area contributed by atoms with Crippen LogP contribution in [0.1, 0.15) is 11.1 Å². The van der Waals surface area contributed by atoms with Crippen LogP contribution in [0.5, 0.6) is 0 Å². The number of hydrogen-bond acceptors (Lipinski definition) is 4. The Morgan fingerprint density at radius 3 is 2.31 bits per heavy atom.